The number of amides is 1. The Labute approximate surface area is 110 Å². The number of ether oxygens (including phenoxy) is 2. The van der Waals surface area contributed by atoms with Crippen LogP contribution in [0.3, 0.4) is 0 Å². The predicted molar refractivity (Wildman–Crippen MR) is 66.9 cm³/mol. The zero-order valence-corrected chi connectivity index (χ0v) is 11.0. The zero-order valence-electron chi connectivity index (χ0n) is 11.0. The number of nitrogens with one attached hydrogen (secondary N) is 1. The highest BCUT2D eigenvalue weighted by Crippen LogP contribution is 2.13. The fourth-order valence-corrected chi connectivity index (χ4v) is 1.24. The molecule has 0 unspecified atom stereocenters. The molecule has 0 spiro atoms. The van der Waals surface area contributed by atoms with Crippen molar-refractivity contribution >= 4 is 11.7 Å². The summed E-state index contributed by atoms with van der Waals surface area (Å²) in [5.74, 6) is -0.473. The summed E-state index contributed by atoms with van der Waals surface area (Å²) in [6, 6.07) is 0. The average molecular weight is 270 g/mol. The second-order valence-corrected chi connectivity index (χ2v) is 3.59. The van der Waals surface area contributed by atoms with Crippen LogP contribution in [-0.2, 0) is 9.47 Å². The van der Waals surface area contributed by atoms with E-state index in [2.05, 4.69) is 20.3 Å². The molecular weight excluding hydrogens is 252 g/mol. The summed E-state index contributed by atoms with van der Waals surface area (Å²) in [5, 5.41) is 9.54. The van der Waals surface area contributed by atoms with Gasteiger partial charge >= 0.3 is 0 Å². The first-order valence-corrected chi connectivity index (χ1v) is 5.66. The van der Waals surface area contributed by atoms with Crippen molar-refractivity contribution in [2.24, 2.45) is 16.1 Å². The Kier molecular flexibility index (Phi) is 6.47. The fourth-order valence-electron chi connectivity index (χ4n) is 1.24. The molecule has 1 aromatic rings. The van der Waals surface area contributed by atoms with Gasteiger partial charge in [-0.05, 0) is 0 Å². The minimum Gasteiger partial charge on any atom is -0.383 e. The Morgan fingerprint density at radius 3 is 2.58 bits per heavy atom. The zero-order chi connectivity index (χ0) is 14.1. The van der Waals surface area contributed by atoms with E-state index in [1.165, 1.54) is 6.33 Å². The monoisotopic (exact) mass is 270 g/mol. The lowest BCUT2D eigenvalue weighted by molar-refractivity contribution is 0.0995. The molecule has 1 aromatic heterocycles. The van der Waals surface area contributed by atoms with Crippen molar-refractivity contribution in [1.29, 1.82) is 0 Å². The van der Waals surface area contributed by atoms with Crippen molar-refractivity contribution in [3.8, 4) is 0 Å². The summed E-state index contributed by atoms with van der Waals surface area (Å²) in [7, 11) is 3.20. The van der Waals surface area contributed by atoms with Crippen LogP contribution >= 0.6 is 0 Å². The third-order valence-corrected chi connectivity index (χ3v) is 2.24. The fraction of sp³-hybridized carbons (Fsp3) is 0.600. The number of rotatable bonds is 9. The van der Waals surface area contributed by atoms with Gasteiger partial charge in [0, 0.05) is 14.2 Å². The standard InChI is InChI=1S/C10H18N6O3/c1-18-5-3-16(4-6-19-2)15-14-10-8(9(11)17)12-7-13-10/h7H,3-6H2,1-2H3,(H2,11,17)(H,12,13). The van der Waals surface area contributed by atoms with E-state index in [9.17, 15) is 4.79 Å². The second-order valence-electron chi connectivity index (χ2n) is 3.59. The van der Waals surface area contributed by atoms with Crippen LogP contribution in [0.2, 0.25) is 0 Å². The average Bonchev–Trinajstić information content (AvgIpc) is 2.86. The van der Waals surface area contributed by atoms with Crippen LogP contribution in [0.25, 0.3) is 0 Å². The maximum Gasteiger partial charge on any atom is 0.269 e. The Hall–Kier alpha value is -2.00. The van der Waals surface area contributed by atoms with Gasteiger partial charge in [0.1, 0.15) is 0 Å². The molecule has 19 heavy (non-hydrogen) atoms. The minimum absolute atomic E-state index is 0.127. The molecule has 1 rings (SSSR count). The summed E-state index contributed by atoms with van der Waals surface area (Å²) in [4.78, 5) is 17.5. The van der Waals surface area contributed by atoms with Gasteiger partial charge < -0.3 is 20.2 Å². The highest BCUT2D eigenvalue weighted by molar-refractivity contribution is 5.94. The highest BCUT2D eigenvalue weighted by atomic mass is 16.5. The van der Waals surface area contributed by atoms with Crippen LogP contribution in [0.4, 0.5) is 5.82 Å². The number of carbonyl (C=O) groups is 1. The van der Waals surface area contributed by atoms with E-state index in [0.29, 0.717) is 26.3 Å². The molecular formula is C10H18N6O3. The van der Waals surface area contributed by atoms with Crippen LogP contribution in [0.5, 0.6) is 0 Å². The molecule has 106 valence electrons. The SMILES string of the molecule is COCCN(CCOC)N=Nc1nc[nH]c1C(N)=O. The molecule has 0 radical (unpaired) electrons. The van der Waals surface area contributed by atoms with E-state index < -0.39 is 5.91 Å². The first kappa shape index (κ1) is 15.1. The van der Waals surface area contributed by atoms with Gasteiger partial charge in [-0.2, -0.15) is 0 Å². The Bertz CT molecular complexity index is 411. The normalized spacial score (nSPS) is 11.1. The van der Waals surface area contributed by atoms with Crippen molar-refractivity contribution in [3.05, 3.63) is 12.0 Å². The number of hydrogen-bond acceptors (Lipinski definition) is 6. The van der Waals surface area contributed by atoms with Crippen molar-refractivity contribution in [2.75, 3.05) is 40.5 Å². The summed E-state index contributed by atoms with van der Waals surface area (Å²) in [6.45, 7) is 2.12. The number of nitrogens with zero attached hydrogens (tertiary/aromatic N) is 4. The molecule has 0 bridgehead atoms. The molecule has 0 atom stereocenters. The quantitative estimate of drug-likeness (QED) is 0.487. The summed E-state index contributed by atoms with van der Waals surface area (Å²) < 4.78 is 9.94. The number of methoxy groups -OCH3 is 2. The minimum atomic E-state index is -0.633. The summed E-state index contributed by atoms with van der Waals surface area (Å²) in [5.41, 5.74) is 5.29. The third kappa shape index (κ3) is 5.02. The molecule has 0 aliphatic rings. The van der Waals surface area contributed by atoms with E-state index in [-0.39, 0.29) is 11.5 Å². The number of hydrogen-bond donors (Lipinski definition) is 2. The van der Waals surface area contributed by atoms with Gasteiger partial charge in [-0.15, -0.1) is 5.11 Å². The van der Waals surface area contributed by atoms with E-state index in [1.54, 1.807) is 19.2 Å². The Balaban J connectivity index is 2.67. The van der Waals surface area contributed by atoms with E-state index >= 15 is 0 Å². The Morgan fingerprint density at radius 2 is 2.05 bits per heavy atom. The van der Waals surface area contributed by atoms with Gasteiger partial charge in [0.05, 0.1) is 32.6 Å². The second kappa shape index (κ2) is 8.16. The molecule has 0 aliphatic carbocycles. The van der Waals surface area contributed by atoms with Gasteiger partial charge in [0.15, 0.2) is 5.69 Å². The van der Waals surface area contributed by atoms with E-state index in [1.807, 2.05) is 0 Å². The van der Waals surface area contributed by atoms with E-state index in [4.69, 9.17) is 15.2 Å². The van der Waals surface area contributed by atoms with Crippen molar-refractivity contribution < 1.29 is 14.3 Å². The first-order chi connectivity index (χ1) is 9.19. The van der Waals surface area contributed by atoms with Gasteiger partial charge in [0.2, 0.25) is 5.82 Å². The van der Waals surface area contributed by atoms with Gasteiger partial charge in [-0.25, -0.2) is 4.98 Å². The number of imidazole rings is 1. The van der Waals surface area contributed by atoms with Crippen LogP contribution in [0.1, 0.15) is 10.5 Å². The maximum absolute atomic E-state index is 11.1. The highest BCUT2D eigenvalue weighted by Gasteiger charge is 2.10. The Morgan fingerprint density at radius 1 is 1.42 bits per heavy atom. The molecule has 0 saturated carbocycles. The topological polar surface area (TPSA) is 118 Å². The van der Waals surface area contributed by atoms with Crippen molar-refractivity contribution in [1.82, 2.24) is 15.0 Å². The number of aromatic amines is 1. The molecule has 0 fully saturated rings. The smallest absolute Gasteiger partial charge is 0.269 e. The lowest BCUT2D eigenvalue weighted by atomic mass is 10.4. The number of primary amides is 1. The largest absolute Gasteiger partial charge is 0.383 e. The summed E-state index contributed by atoms with van der Waals surface area (Å²) >= 11 is 0. The van der Waals surface area contributed by atoms with Gasteiger partial charge in [0.25, 0.3) is 5.91 Å². The molecule has 3 N–H and O–H groups in total. The lowest BCUT2D eigenvalue weighted by Crippen LogP contribution is -2.25. The third-order valence-electron chi connectivity index (χ3n) is 2.24. The van der Waals surface area contributed by atoms with Gasteiger partial charge in [-0.3, -0.25) is 9.80 Å². The summed E-state index contributed by atoms with van der Waals surface area (Å²) in [6.07, 6.45) is 1.34. The predicted octanol–water partition coefficient (Wildman–Crippen LogP) is 0.102. The molecule has 9 heteroatoms. The van der Waals surface area contributed by atoms with Crippen LogP contribution in [0, 0.1) is 0 Å². The molecule has 1 amide bonds. The molecule has 9 nitrogen and oxygen atoms in total. The van der Waals surface area contributed by atoms with Gasteiger partial charge in [-0.1, -0.05) is 5.22 Å². The lowest BCUT2D eigenvalue weighted by Gasteiger charge is -2.16. The first-order valence-electron chi connectivity index (χ1n) is 5.66. The maximum atomic E-state index is 11.1. The number of nitrogens with two attached hydrogens (primary N) is 1. The molecule has 1 heterocycles. The number of carbonyl (C=O) groups excluding carboxylic acids is 1. The number of aromatic nitrogens is 2. The van der Waals surface area contributed by atoms with E-state index in [0.717, 1.165) is 0 Å². The number of H-pyrrole nitrogens is 1. The van der Waals surface area contributed by atoms with Crippen molar-refractivity contribution in [3.63, 3.8) is 0 Å². The van der Waals surface area contributed by atoms with Crippen molar-refractivity contribution in [2.45, 2.75) is 0 Å². The molecule has 0 aromatic carbocycles. The van der Waals surface area contributed by atoms with Crippen LogP contribution in [0.15, 0.2) is 16.7 Å². The van der Waals surface area contributed by atoms with Crippen LogP contribution in [-0.4, -0.2) is 61.4 Å². The molecule has 0 saturated heterocycles. The molecule has 0 aliphatic heterocycles. The van der Waals surface area contributed by atoms with Crippen LogP contribution < -0.4 is 5.73 Å².